The number of nitrogens with one attached hydrogen (secondary N) is 1. The van der Waals surface area contributed by atoms with Crippen molar-refractivity contribution in [3.8, 4) is 0 Å². The van der Waals surface area contributed by atoms with Gasteiger partial charge in [0.25, 0.3) is 5.56 Å². The lowest BCUT2D eigenvalue weighted by molar-refractivity contribution is -0.143. The Labute approximate surface area is 128 Å². The average Bonchev–Trinajstić information content (AvgIpc) is 2.38. The molecule has 0 aliphatic carbocycles. The topological polar surface area (TPSA) is 107 Å². The van der Waals surface area contributed by atoms with Crippen LogP contribution in [0.25, 0.3) is 0 Å². The first-order chi connectivity index (χ1) is 9.82. The number of H-pyrrole nitrogens is 1. The van der Waals surface area contributed by atoms with Gasteiger partial charge in [-0.25, -0.2) is 4.79 Å². The smallest absolute Gasteiger partial charge is 0.328 e. The zero-order valence-corrected chi connectivity index (χ0v) is 13.2. The maximum absolute atomic E-state index is 11.8. The molecule has 0 aromatic carbocycles. The molecule has 0 bridgehead atoms. The monoisotopic (exact) mass is 362 g/mol. The van der Waals surface area contributed by atoms with Crippen LogP contribution in [0.2, 0.25) is 0 Å². The van der Waals surface area contributed by atoms with Crippen LogP contribution in [0, 0.1) is 0 Å². The van der Waals surface area contributed by atoms with Crippen molar-refractivity contribution in [3.05, 3.63) is 31.0 Å². The Bertz CT molecular complexity index is 648. The summed E-state index contributed by atoms with van der Waals surface area (Å²) in [5.41, 5.74) is -0.964. The summed E-state index contributed by atoms with van der Waals surface area (Å²) >= 11 is 3.07. The first-order valence-corrected chi connectivity index (χ1v) is 6.90. The molecule has 0 aliphatic heterocycles. The molecule has 9 heteroatoms. The molecule has 21 heavy (non-hydrogen) atoms. The number of hydrogen-bond donors (Lipinski definition) is 1. The van der Waals surface area contributed by atoms with E-state index in [0.29, 0.717) is 6.42 Å². The van der Waals surface area contributed by atoms with E-state index in [1.807, 2.05) is 0 Å². The van der Waals surface area contributed by atoms with Crippen LogP contribution < -0.4 is 11.2 Å². The highest BCUT2D eigenvalue weighted by molar-refractivity contribution is 9.10. The molecule has 1 rings (SSSR count). The second-order valence-corrected chi connectivity index (χ2v) is 4.94. The quantitative estimate of drug-likeness (QED) is 0.576. The van der Waals surface area contributed by atoms with Gasteiger partial charge in [-0.15, -0.1) is 0 Å². The average molecular weight is 363 g/mol. The molecule has 0 spiro atoms. The molecule has 1 N–H and O–H groups in total. The number of halogens is 1. The van der Waals surface area contributed by atoms with Gasteiger partial charge in [0, 0.05) is 20.4 Å². The Morgan fingerprint density at radius 1 is 1.19 bits per heavy atom. The number of rotatable bonds is 6. The Morgan fingerprint density at radius 3 is 2.38 bits per heavy atom. The largest absolute Gasteiger partial charge is 0.466 e. The molecule has 0 atom stereocenters. The molecule has 0 amide bonds. The first-order valence-electron chi connectivity index (χ1n) is 6.11. The van der Waals surface area contributed by atoms with Crippen LogP contribution in [0.15, 0.2) is 14.1 Å². The minimum absolute atomic E-state index is 0.121. The fraction of sp³-hybridized carbons (Fsp3) is 0.500. The third-order valence-corrected chi connectivity index (χ3v) is 3.31. The van der Waals surface area contributed by atoms with E-state index in [0.717, 1.165) is 0 Å². The van der Waals surface area contributed by atoms with E-state index in [-0.39, 0.29) is 29.9 Å². The molecule has 116 valence electrons. The van der Waals surface area contributed by atoms with Gasteiger partial charge >= 0.3 is 17.6 Å². The van der Waals surface area contributed by atoms with Gasteiger partial charge in [0.05, 0.1) is 12.3 Å². The fourth-order valence-corrected chi connectivity index (χ4v) is 2.01. The van der Waals surface area contributed by atoms with Gasteiger partial charge in [-0.3, -0.25) is 23.9 Å². The molecule has 0 fully saturated rings. The molecule has 1 aromatic rings. The summed E-state index contributed by atoms with van der Waals surface area (Å²) in [5.74, 6) is -0.939. The van der Waals surface area contributed by atoms with E-state index in [1.165, 1.54) is 18.4 Å². The lowest BCUT2D eigenvalue weighted by Gasteiger charge is -2.13. The van der Waals surface area contributed by atoms with Crippen LogP contribution in [0.4, 0.5) is 0 Å². The van der Waals surface area contributed by atoms with Crippen LogP contribution >= 0.6 is 15.9 Å². The zero-order valence-electron chi connectivity index (χ0n) is 11.6. The fourth-order valence-electron chi connectivity index (χ4n) is 1.58. The molecular formula is C12H15BrN2O6. The maximum atomic E-state index is 11.8. The number of carbonyl (C=O) groups excluding carboxylic acids is 2. The number of hydrogen-bond acceptors (Lipinski definition) is 6. The van der Waals surface area contributed by atoms with E-state index < -0.39 is 23.2 Å². The van der Waals surface area contributed by atoms with Crippen LogP contribution in [0.5, 0.6) is 0 Å². The lowest BCUT2D eigenvalue weighted by atomic mass is 10.3. The number of esters is 2. The van der Waals surface area contributed by atoms with Crippen molar-refractivity contribution < 1.29 is 19.1 Å². The van der Waals surface area contributed by atoms with Gasteiger partial charge in [0.15, 0.2) is 0 Å². The molecule has 0 saturated heterocycles. The maximum Gasteiger partial charge on any atom is 0.328 e. The minimum atomic E-state index is -0.617. The van der Waals surface area contributed by atoms with E-state index in [9.17, 15) is 19.2 Å². The van der Waals surface area contributed by atoms with Crippen molar-refractivity contribution in [1.29, 1.82) is 0 Å². The van der Waals surface area contributed by atoms with Crippen LogP contribution in [0.3, 0.4) is 0 Å². The van der Waals surface area contributed by atoms with Gasteiger partial charge in [0.1, 0.15) is 11.1 Å². The Morgan fingerprint density at radius 2 is 1.81 bits per heavy atom. The predicted molar refractivity (Wildman–Crippen MR) is 75.7 cm³/mol. The van der Waals surface area contributed by atoms with E-state index in [1.54, 1.807) is 0 Å². The zero-order chi connectivity index (χ0) is 16.0. The normalized spacial score (nSPS) is 10.2. The Balaban J connectivity index is 2.96. The SMILES string of the molecule is CC(=O)OCCCn1c(COC(C)=O)c(Br)c(=O)[nH]c1=O. The summed E-state index contributed by atoms with van der Waals surface area (Å²) in [5, 5.41) is 0. The first kappa shape index (κ1) is 17.2. The number of ether oxygens (including phenoxy) is 2. The molecule has 0 aliphatic rings. The van der Waals surface area contributed by atoms with Gasteiger partial charge in [-0.05, 0) is 22.4 Å². The Hall–Kier alpha value is -1.90. The molecule has 1 heterocycles. The van der Waals surface area contributed by atoms with Crippen LogP contribution in [-0.4, -0.2) is 28.1 Å². The number of aromatic nitrogens is 2. The molecule has 0 saturated carbocycles. The van der Waals surface area contributed by atoms with E-state index >= 15 is 0 Å². The third kappa shape index (κ3) is 5.18. The number of carbonyl (C=O) groups is 2. The van der Waals surface area contributed by atoms with E-state index in [2.05, 4.69) is 20.9 Å². The van der Waals surface area contributed by atoms with E-state index in [4.69, 9.17) is 9.47 Å². The Kier molecular flexibility index (Phi) is 6.35. The molecule has 8 nitrogen and oxygen atoms in total. The van der Waals surface area contributed by atoms with Crippen molar-refractivity contribution in [3.63, 3.8) is 0 Å². The van der Waals surface area contributed by atoms with Gasteiger partial charge in [0.2, 0.25) is 0 Å². The summed E-state index contributed by atoms with van der Waals surface area (Å²) < 4.78 is 11.0. The van der Waals surface area contributed by atoms with Crippen LogP contribution in [0.1, 0.15) is 26.0 Å². The summed E-state index contributed by atoms with van der Waals surface area (Å²) in [6.07, 6.45) is 0.380. The van der Waals surface area contributed by atoms with Crippen molar-refractivity contribution in [2.75, 3.05) is 6.61 Å². The third-order valence-electron chi connectivity index (χ3n) is 2.49. The minimum Gasteiger partial charge on any atom is -0.466 e. The van der Waals surface area contributed by atoms with Gasteiger partial charge in [-0.2, -0.15) is 0 Å². The molecule has 0 radical (unpaired) electrons. The summed E-state index contributed by atoms with van der Waals surface area (Å²) in [6.45, 7) is 2.66. The number of aromatic amines is 1. The lowest BCUT2D eigenvalue weighted by Crippen LogP contribution is -2.34. The summed E-state index contributed by atoms with van der Waals surface area (Å²) in [6, 6.07) is 0. The number of nitrogens with zero attached hydrogens (tertiary/aromatic N) is 1. The summed E-state index contributed by atoms with van der Waals surface area (Å²) in [4.78, 5) is 47.1. The highest BCUT2D eigenvalue weighted by atomic mass is 79.9. The predicted octanol–water partition coefficient (Wildman–Crippen LogP) is 0.315. The van der Waals surface area contributed by atoms with Crippen LogP contribution in [-0.2, 0) is 32.2 Å². The summed E-state index contributed by atoms with van der Waals surface area (Å²) in [7, 11) is 0. The highest BCUT2D eigenvalue weighted by Crippen LogP contribution is 2.11. The second kappa shape index (κ2) is 7.77. The molecule has 0 unspecified atom stereocenters. The molecule has 1 aromatic heterocycles. The highest BCUT2D eigenvalue weighted by Gasteiger charge is 2.14. The second-order valence-electron chi connectivity index (χ2n) is 4.15. The van der Waals surface area contributed by atoms with Gasteiger partial charge in [-0.1, -0.05) is 0 Å². The van der Waals surface area contributed by atoms with Crippen molar-refractivity contribution in [1.82, 2.24) is 9.55 Å². The molecular weight excluding hydrogens is 348 g/mol. The van der Waals surface area contributed by atoms with Crippen molar-refractivity contribution in [2.24, 2.45) is 0 Å². The van der Waals surface area contributed by atoms with Crippen molar-refractivity contribution >= 4 is 27.9 Å². The van der Waals surface area contributed by atoms with Crippen molar-refractivity contribution in [2.45, 2.75) is 33.4 Å². The van der Waals surface area contributed by atoms with Gasteiger partial charge < -0.3 is 9.47 Å². The standard InChI is InChI=1S/C12H15BrN2O6/c1-7(16)20-5-3-4-15-9(6-21-8(2)17)10(13)11(18)14-12(15)19/h3-6H2,1-2H3,(H,14,18,19).